The zero-order valence-electron chi connectivity index (χ0n) is 10.3. The van der Waals surface area contributed by atoms with E-state index >= 15 is 0 Å². The Kier molecular flexibility index (Phi) is 4.98. The minimum Gasteiger partial charge on any atom is -0.480 e. The second-order valence-electron chi connectivity index (χ2n) is 3.88. The van der Waals surface area contributed by atoms with Crippen LogP contribution in [0.1, 0.15) is 18.9 Å². The molecule has 0 aliphatic heterocycles. The van der Waals surface area contributed by atoms with Crippen LogP contribution in [0.3, 0.4) is 0 Å². The van der Waals surface area contributed by atoms with Gasteiger partial charge in [0.15, 0.2) is 5.96 Å². The minimum atomic E-state index is -0.868. The summed E-state index contributed by atoms with van der Waals surface area (Å²) in [7, 11) is 0. The quantitative estimate of drug-likeness (QED) is 0.439. The molecule has 98 valence electrons. The molecule has 0 unspecified atom stereocenters. The summed E-state index contributed by atoms with van der Waals surface area (Å²) in [6.45, 7) is 2.19. The highest BCUT2D eigenvalue weighted by molar-refractivity contribution is 5.77. The second kappa shape index (κ2) is 6.48. The van der Waals surface area contributed by atoms with E-state index in [0.29, 0.717) is 13.0 Å². The van der Waals surface area contributed by atoms with Crippen LogP contribution in [-0.2, 0) is 11.3 Å². The standard InChI is InChI=1S/C12H18N4O2/c1-2-10(11(17)18)16-9-5-3-4-8(6-9)7-15-12(13)14/h3-6,10,16H,2,7H2,1H3,(H,17,18)(H4,13,14,15)/t10-/m1/s1. The lowest BCUT2D eigenvalue weighted by molar-refractivity contribution is -0.137. The molecule has 0 bridgehead atoms. The van der Waals surface area contributed by atoms with Gasteiger partial charge in [-0.2, -0.15) is 0 Å². The number of carbonyl (C=O) groups is 1. The molecule has 0 aliphatic carbocycles. The van der Waals surface area contributed by atoms with E-state index in [9.17, 15) is 4.79 Å². The molecule has 0 saturated carbocycles. The number of nitrogens with one attached hydrogen (secondary N) is 1. The number of carboxylic acids is 1. The summed E-state index contributed by atoms with van der Waals surface area (Å²) in [5, 5.41) is 11.9. The molecule has 0 aromatic heterocycles. The number of hydrogen-bond acceptors (Lipinski definition) is 3. The molecule has 0 fully saturated rings. The number of hydrogen-bond donors (Lipinski definition) is 4. The molecule has 18 heavy (non-hydrogen) atoms. The molecule has 0 spiro atoms. The van der Waals surface area contributed by atoms with Gasteiger partial charge in [0.05, 0.1) is 6.54 Å². The average Bonchev–Trinajstić information content (AvgIpc) is 2.33. The van der Waals surface area contributed by atoms with E-state index < -0.39 is 12.0 Å². The van der Waals surface area contributed by atoms with E-state index in [0.717, 1.165) is 11.3 Å². The minimum absolute atomic E-state index is 0.0327. The van der Waals surface area contributed by atoms with Crippen molar-refractivity contribution in [2.24, 2.45) is 16.5 Å². The maximum Gasteiger partial charge on any atom is 0.326 e. The molecule has 0 amide bonds. The van der Waals surface area contributed by atoms with Gasteiger partial charge in [-0.15, -0.1) is 0 Å². The molecule has 6 nitrogen and oxygen atoms in total. The number of anilines is 1. The molecule has 6 N–H and O–H groups in total. The Labute approximate surface area is 106 Å². The third-order valence-electron chi connectivity index (χ3n) is 2.42. The van der Waals surface area contributed by atoms with Gasteiger partial charge in [-0.25, -0.2) is 9.79 Å². The zero-order valence-corrected chi connectivity index (χ0v) is 10.3. The lowest BCUT2D eigenvalue weighted by Gasteiger charge is -2.14. The van der Waals surface area contributed by atoms with Crippen LogP contribution in [0.15, 0.2) is 29.3 Å². The first-order valence-corrected chi connectivity index (χ1v) is 5.66. The Bertz CT molecular complexity index is 441. The first-order valence-electron chi connectivity index (χ1n) is 5.66. The summed E-state index contributed by atoms with van der Waals surface area (Å²) < 4.78 is 0. The van der Waals surface area contributed by atoms with Crippen molar-refractivity contribution >= 4 is 17.6 Å². The van der Waals surface area contributed by atoms with Crippen LogP contribution >= 0.6 is 0 Å². The second-order valence-corrected chi connectivity index (χ2v) is 3.88. The molecule has 0 saturated heterocycles. The first-order chi connectivity index (χ1) is 8.52. The SMILES string of the molecule is CC[C@@H](Nc1cccc(CN=C(N)N)c1)C(=O)O. The summed E-state index contributed by atoms with van der Waals surface area (Å²) in [6, 6.07) is 6.75. The first kappa shape index (κ1) is 13.8. The normalized spacial score (nSPS) is 11.6. The number of nitrogens with zero attached hydrogens (tertiary/aromatic N) is 1. The molecular weight excluding hydrogens is 232 g/mol. The summed E-state index contributed by atoms with van der Waals surface area (Å²) in [5.41, 5.74) is 12.2. The maximum absolute atomic E-state index is 10.9. The summed E-state index contributed by atoms with van der Waals surface area (Å²) in [5.74, 6) is -0.836. The Morgan fingerprint density at radius 2 is 2.22 bits per heavy atom. The van der Waals surface area contributed by atoms with Crippen molar-refractivity contribution in [3.05, 3.63) is 29.8 Å². The maximum atomic E-state index is 10.9. The van der Waals surface area contributed by atoms with Crippen molar-refractivity contribution in [1.29, 1.82) is 0 Å². The molecule has 1 atom stereocenters. The predicted molar refractivity (Wildman–Crippen MR) is 71.3 cm³/mol. The number of aliphatic carboxylic acids is 1. The fourth-order valence-electron chi connectivity index (χ4n) is 1.48. The van der Waals surface area contributed by atoms with Crippen LogP contribution in [-0.4, -0.2) is 23.1 Å². The number of benzene rings is 1. The fraction of sp³-hybridized carbons (Fsp3) is 0.333. The van der Waals surface area contributed by atoms with E-state index in [4.69, 9.17) is 16.6 Å². The molecule has 0 radical (unpaired) electrons. The monoisotopic (exact) mass is 250 g/mol. The third-order valence-corrected chi connectivity index (χ3v) is 2.42. The highest BCUT2D eigenvalue weighted by Gasteiger charge is 2.14. The molecule has 1 aromatic rings. The number of guanidine groups is 1. The zero-order chi connectivity index (χ0) is 13.5. The lowest BCUT2D eigenvalue weighted by atomic mass is 10.1. The fourth-order valence-corrected chi connectivity index (χ4v) is 1.48. The van der Waals surface area contributed by atoms with Crippen molar-refractivity contribution in [2.75, 3.05) is 5.32 Å². The number of nitrogens with two attached hydrogens (primary N) is 2. The van der Waals surface area contributed by atoms with Gasteiger partial charge in [0, 0.05) is 5.69 Å². The van der Waals surface area contributed by atoms with Crippen LogP contribution in [0.2, 0.25) is 0 Å². The van der Waals surface area contributed by atoms with Gasteiger partial charge in [-0.1, -0.05) is 19.1 Å². The van der Waals surface area contributed by atoms with Crippen molar-refractivity contribution in [3.63, 3.8) is 0 Å². The van der Waals surface area contributed by atoms with E-state index in [2.05, 4.69) is 10.3 Å². The topological polar surface area (TPSA) is 114 Å². The van der Waals surface area contributed by atoms with Crippen LogP contribution in [0, 0.1) is 0 Å². The highest BCUT2D eigenvalue weighted by atomic mass is 16.4. The van der Waals surface area contributed by atoms with Crippen molar-refractivity contribution in [2.45, 2.75) is 25.9 Å². The van der Waals surface area contributed by atoms with Crippen molar-refractivity contribution in [3.8, 4) is 0 Å². The Hall–Kier alpha value is -2.24. The van der Waals surface area contributed by atoms with E-state index in [1.54, 1.807) is 0 Å². The smallest absolute Gasteiger partial charge is 0.326 e. The Morgan fingerprint density at radius 3 is 2.78 bits per heavy atom. The Morgan fingerprint density at radius 1 is 1.50 bits per heavy atom. The van der Waals surface area contributed by atoms with Gasteiger partial charge in [-0.3, -0.25) is 0 Å². The number of carboxylic acid groups (broad SMARTS) is 1. The van der Waals surface area contributed by atoms with Gasteiger partial charge in [-0.05, 0) is 24.1 Å². The van der Waals surface area contributed by atoms with Crippen LogP contribution in [0.25, 0.3) is 0 Å². The van der Waals surface area contributed by atoms with Crippen LogP contribution in [0.4, 0.5) is 5.69 Å². The van der Waals surface area contributed by atoms with E-state index in [1.807, 2.05) is 31.2 Å². The van der Waals surface area contributed by atoms with Gasteiger partial charge in [0.1, 0.15) is 6.04 Å². The predicted octanol–water partition coefficient (Wildman–Crippen LogP) is 0.735. The largest absolute Gasteiger partial charge is 0.480 e. The summed E-state index contributed by atoms with van der Waals surface area (Å²) in [4.78, 5) is 14.8. The molecule has 1 aromatic carbocycles. The molecular formula is C12H18N4O2. The van der Waals surface area contributed by atoms with Crippen LogP contribution in [0.5, 0.6) is 0 Å². The summed E-state index contributed by atoms with van der Waals surface area (Å²) >= 11 is 0. The highest BCUT2D eigenvalue weighted by Crippen LogP contribution is 2.13. The molecule has 0 heterocycles. The molecule has 6 heteroatoms. The lowest BCUT2D eigenvalue weighted by Crippen LogP contribution is -2.28. The molecule has 1 rings (SSSR count). The number of rotatable bonds is 6. The van der Waals surface area contributed by atoms with Crippen molar-refractivity contribution < 1.29 is 9.90 Å². The Balaban J connectivity index is 2.75. The van der Waals surface area contributed by atoms with Crippen molar-refractivity contribution in [1.82, 2.24) is 0 Å². The van der Waals surface area contributed by atoms with Gasteiger partial charge >= 0.3 is 5.97 Å². The third kappa shape index (κ3) is 4.32. The van der Waals surface area contributed by atoms with Gasteiger partial charge < -0.3 is 21.9 Å². The summed E-state index contributed by atoms with van der Waals surface area (Å²) in [6.07, 6.45) is 0.507. The van der Waals surface area contributed by atoms with Gasteiger partial charge in [0.25, 0.3) is 0 Å². The average molecular weight is 250 g/mol. The van der Waals surface area contributed by atoms with Crippen LogP contribution < -0.4 is 16.8 Å². The molecule has 0 aliphatic rings. The van der Waals surface area contributed by atoms with E-state index in [-0.39, 0.29) is 5.96 Å². The van der Waals surface area contributed by atoms with Gasteiger partial charge in [0.2, 0.25) is 0 Å². The number of aliphatic imine (C=N–C) groups is 1. The van der Waals surface area contributed by atoms with E-state index in [1.165, 1.54) is 0 Å².